The Balaban J connectivity index is 2.46. The maximum absolute atomic E-state index is 6.12. The lowest BCUT2D eigenvalue weighted by molar-refractivity contribution is 0.392. The van der Waals surface area contributed by atoms with Gasteiger partial charge in [0, 0.05) is 11.1 Å². The average molecular weight is 306 g/mol. The highest BCUT2D eigenvalue weighted by atomic mass is 35.5. The molecule has 0 saturated carbocycles. The maximum Gasteiger partial charge on any atom is 0.122 e. The minimum absolute atomic E-state index is 0.0395. The van der Waals surface area contributed by atoms with E-state index in [0.717, 1.165) is 34.2 Å². The van der Waals surface area contributed by atoms with E-state index in [1.54, 1.807) is 14.2 Å². The van der Waals surface area contributed by atoms with E-state index in [1.807, 2.05) is 36.4 Å². The Labute approximate surface area is 130 Å². The van der Waals surface area contributed by atoms with Crippen LogP contribution < -0.4 is 14.8 Å². The fraction of sp³-hybridized carbons (Fsp3) is 0.294. The van der Waals surface area contributed by atoms with Crippen molar-refractivity contribution in [3.05, 3.63) is 58.6 Å². The predicted octanol–water partition coefficient (Wildman–Crippen LogP) is 4.06. The van der Waals surface area contributed by atoms with Crippen LogP contribution in [0.3, 0.4) is 0 Å². The Morgan fingerprint density at radius 3 is 2.19 bits per heavy atom. The first kappa shape index (κ1) is 15.7. The van der Waals surface area contributed by atoms with E-state index < -0.39 is 0 Å². The van der Waals surface area contributed by atoms with Crippen LogP contribution in [0, 0.1) is 0 Å². The molecule has 0 saturated heterocycles. The van der Waals surface area contributed by atoms with Crippen molar-refractivity contribution in [2.45, 2.75) is 13.0 Å². The van der Waals surface area contributed by atoms with Gasteiger partial charge in [0.25, 0.3) is 0 Å². The van der Waals surface area contributed by atoms with Gasteiger partial charge >= 0.3 is 0 Å². The zero-order chi connectivity index (χ0) is 15.2. The molecule has 2 aromatic rings. The Bertz CT molecular complexity index is 579. The molecular formula is C17H20ClNO2. The van der Waals surface area contributed by atoms with Crippen LogP contribution in [0.2, 0.25) is 5.02 Å². The van der Waals surface area contributed by atoms with E-state index >= 15 is 0 Å². The topological polar surface area (TPSA) is 30.5 Å². The first-order chi connectivity index (χ1) is 10.2. The number of benzene rings is 2. The number of rotatable bonds is 6. The molecule has 0 radical (unpaired) electrons. The van der Waals surface area contributed by atoms with Crippen LogP contribution in [0.15, 0.2) is 42.5 Å². The highest BCUT2D eigenvalue weighted by Crippen LogP contribution is 2.30. The monoisotopic (exact) mass is 305 g/mol. The third-order valence-corrected chi connectivity index (χ3v) is 3.53. The number of hydrogen-bond acceptors (Lipinski definition) is 3. The van der Waals surface area contributed by atoms with Gasteiger partial charge in [0.15, 0.2) is 0 Å². The average Bonchev–Trinajstić information content (AvgIpc) is 2.52. The fourth-order valence-electron chi connectivity index (χ4n) is 2.31. The minimum atomic E-state index is 0.0395. The Morgan fingerprint density at radius 1 is 1.00 bits per heavy atom. The summed E-state index contributed by atoms with van der Waals surface area (Å²) in [4.78, 5) is 0. The summed E-state index contributed by atoms with van der Waals surface area (Å²) in [5, 5.41) is 4.20. The smallest absolute Gasteiger partial charge is 0.122 e. The highest BCUT2D eigenvalue weighted by Gasteiger charge is 2.15. The zero-order valence-electron chi connectivity index (χ0n) is 12.5. The second kappa shape index (κ2) is 7.34. The van der Waals surface area contributed by atoms with Crippen molar-refractivity contribution in [2.75, 3.05) is 20.8 Å². The summed E-state index contributed by atoms with van der Waals surface area (Å²) in [5.74, 6) is 1.54. The van der Waals surface area contributed by atoms with Gasteiger partial charge in [-0.3, -0.25) is 0 Å². The second-order valence-electron chi connectivity index (χ2n) is 4.69. The summed E-state index contributed by atoms with van der Waals surface area (Å²) in [6, 6.07) is 13.8. The molecule has 0 amide bonds. The second-order valence-corrected chi connectivity index (χ2v) is 5.13. The van der Waals surface area contributed by atoms with E-state index in [2.05, 4.69) is 18.3 Å². The number of ether oxygens (including phenoxy) is 2. The van der Waals surface area contributed by atoms with E-state index in [4.69, 9.17) is 21.1 Å². The summed E-state index contributed by atoms with van der Waals surface area (Å²) >= 11 is 6.12. The van der Waals surface area contributed by atoms with E-state index in [9.17, 15) is 0 Å². The highest BCUT2D eigenvalue weighted by molar-refractivity contribution is 6.30. The summed E-state index contributed by atoms with van der Waals surface area (Å²) in [7, 11) is 3.31. The van der Waals surface area contributed by atoms with Crippen molar-refractivity contribution in [3.8, 4) is 11.5 Å². The van der Waals surface area contributed by atoms with Gasteiger partial charge in [0.1, 0.15) is 11.5 Å². The van der Waals surface area contributed by atoms with Crippen LogP contribution in [-0.4, -0.2) is 20.8 Å². The normalized spacial score (nSPS) is 12.0. The van der Waals surface area contributed by atoms with Crippen molar-refractivity contribution >= 4 is 11.6 Å². The standard InChI is InChI=1S/C17H20ClNO2/c1-4-19-17(12-6-5-7-14(18)8-12)13-9-15(20-2)11-16(10-13)21-3/h5-11,17,19H,4H2,1-3H3. The van der Waals surface area contributed by atoms with Gasteiger partial charge in [-0.15, -0.1) is 0 Å². The van der Waals surface area contributed by atoms with Crippen molar-refractivity contribution in [3.63, 3.8) is 0 Å². The lowest BCUT2D eigenvalue weighted by Crippen LogP contribution is -2.22. The molecule has 3 nitrogen and oxygen atoms in total. The van der Waals surface area contributed by atoms with Crippen LogP contribution in [0.25, 0.3) is 0 Å². The van der Waals surface area contributed by atoms with Gasteiger partial charge < -0.3 is 14.8 Å². The Morgan fingerprint density at radius 2 is 1.67 bits per heavy atom. The van der Waals surface area contributed by atoms with Crippen molar-refractivity contribution in [1.29, 1.82) is 0 Å². The van der Waals surface area contributed by atoms with Crippen molar-refractivity contribution in [2.24, 2.45) is 0 Å². The maximum atomic E-state index is 6.12. The molecule has 0 heterocycles. The molecule has 0 aromatic heterocycles. The largest absolute Gasteiger partial charge is 0.497 e. The van der Waals surface area contributed by atoms with Crippen LogP contribution in [0.4, 0.5) is 0 Å². The molecule has 21 heavy (non-hydrogen) atoms. The number of halogens is 1. The molecule has 1 atom stereocenters. The van der Waals surface area contributed by atoms with E-state index in [0.29, 0.717) is 0 Å². The lowest BCUT2D eigenvalue weighted by atomic mass is 9.98. The molecule has 1 unspecified atom stereocenters. The minimum Gasteiger partial charge on any atom is -0.497 e. The van der Waals surface area contributed by atoms with E-state index in [1.165, 1.54) is 0 Å². The van der Waals surface area contributed by atoms with Gasteiger partial charge in [-0.05, 0) is 41.9 Å². The number of nitrogens with one attached hydrogen (secondary N) is 1. The summed E-state index contributed by atoms with van der Waals surface area (Å²) in [6.45, 7) is 2.92. The van der Waals surface area contributed by atoms with Gasteiger partial charge in [0.2, 0.25) is 0 Å². The quantitative estimate of drug-likeness (QED) is 0.873. The first-order valence-corrected chi connectivity index (χ1v) is 7.27. The molecule has 1 N–H and O–H groups in total. The Hall–Kier alpha value is -1.71. The number of hydrogen-bond donors (Lipinski definition) is 1. The van der Waals surface area contributed by atoms with Crippen molar-refractivity contribution in [1.82, 2.24) is 5.32 Å². The molecule has 0 bridgehead atoms. The van der Waals surface area contributed by atoms with Gasteiger partial charge in [-0.25, -0.2) is 0 Å². The Kier molecular flexibility index (Phi) is 5.48. The van der Waals surface area contributed by atoms with E-state index in [-0.39, 0.29) is 6.04 Å². The molecule has 0 aliphatic heterocycles. The predicted molar refractivity (Wildman–Crippen MR) is 86.5 cm³/mol. The molecule has 0 aliphatic rings. The van der Waals surface area contributed by atoms with Crippen LogP contribution in [-0.2, 0) is 0 Å². The van der Waals surface area contributed by atoms with Gasteiger partial charge in [0.05, 0.1) is 20.3 Å². The van der Waals surface area contributed by atoms with Gasteiger partial charge in [-0.2, -0.15) is 0 Å². The molecule has 0 aliphatic carbocycles. The molecule has 112 valence electrons. The molecule has 0 fully saturated rings. The molecular weight excluding hydrogens is 286 g/mol. The fourth-order valence-corrected chi connectivity index (χ4v) is 2.51. The lowest BCUT2D eigenvalue weighted by Gasteiger charge is -2.20. The molecule has 2 rings (SSSR count). The molecule has 2 aromatic carbocycles. The van der Waals surface area contributed by atoms with Crippen LogP contribution in [0.1, 0.15) is 24.1 Å². The zero-order valence-corrected chi connectivity index (χ0v) is 13.3. The summed E-state index contributed by atoms with van der Waals surface area (Å²) < 4.78 is 10.7. The van der Waals surface area contributed by atoms with Crippen molar-refractivity contribution < 1.29 is 9.47 Å². The SMILES string of the molecule is CCNC(c1cccc(Cl)c1)c1cc(OC)cc(OC)c1. The first-order valence-electron chi connectivity index (χ1n) is 6.89. The number of methoxy groups -OCH3 is 2. The third-order valence-electron chi connectivity index (χ3n) is 3.30. The summed E-state index contributed by atoms with van der Waals surface area (Å²) in [5.41, 5.74) is 2.19. The van der Waals surface area contributed by atoms with Gasteiger partial charge in [-0.1, -0.05) is 30.7 Å². The van der Waals surface area contributed by atoms with Crippen LogP contribution >= 0.6 is 11.6 Å². The molecule has 4 heteroatoms. The van der Waals surface area contributed by atoms with Crippen LogP contribution in [0.5, 0.6) is 11.5 Å². The third kappa shape index (κ3) is 3.90. The molecule has 0 spiro atoms. The summed E-state index contributed by atoms with van der Waals surface area (Å²) in [6.07, 6.45) is 0.